The van der Waals surface area contributed by atoms with Gasteiger partial charge in [0.15, 0.2) is 0 Å². The lowest BCUT2D eigenvalue weighted by molar-refractivity contribution is 0.0295. The van der Waals surface area contributed by atoms with Gasteiger partial charge in [0.2, 0.25) is 0 Å². The summed E-state index contributed by atoms with van der Waals surface area (Å²) in [6, 6.07) is 2.14. The normalized spacial score (nSPS) is 29.1. The fraction of sp³-hybridized carbons (Fsp3) is 0.812. The van der Waals surface area contributed by atoms with Crippen LogP contribution in [0.15, 0.2) is 12.3 Å². The number of rotatable bonds is 8. The predicted octanol–water partition coefficient (Wildman–Crippen LogP) is 1.38. The first-order valence-electron chi connectivity index (χ1n) is 8.03. The minimum absolute atomic E-state index is 0.198. The second-order valence-corrected chi connectivity index (χ2v) is 6.57. The molecule has 0 amide bonds. The van der Waals surface area contributed by atoms with Crippen LogP contribution in [0.2, 0.25) is 0 Å². The summed E-state index contributed by atoms with van der Waals surface area (Å²) in [5.41, 5.74) is 1.38. The van der Waals surface area contributed by atoms with Gasteiger partial charge in [0.1, 0.15) is 0 Å². The Morgan fingerprint density at radius 1 is 1.52 bits per heavy atom. The first kappa shape index (κ1) is 15.0. The molecule has 0 spiro atoms. The molecule has 1 saturated carbocycles. The molecule has 1 aliphatic carbocycles. The molecule has 21 heavy (non-hydrogen) atoms. The van der Waals surface area contributed by atoms with Gasteiger partial charge in [0.25, 0.3) is 0 Å². The van der Waals surface area contributed by atoms with Crippen molar-refractivity contribution in [2.24, 2.45) is 18.4 Å². The van der Waals surface area contributed by atoms with Crippen molar-refractivity contribution < 1.29 is 9.47 Å². The molecule has 0 bridgehead atoms. The summed E-state index contributed by atoms with van der Waals surface area (Å²) in [5, 5.41) is 8.16. The molecule has 5 nitrogen and oxygen atoms in total. The molecule has 0 aromatic carbocycles. The summed E-state index contributed by atoms with van der Waals surface area (Å²) >= 11 is 0. The molecule has 1 aliphatic heterocycles. The van der Waals surface area contributed by atoms with Crippen molar-refractivity contribution in [3.05, 3.63) is 18.0 Å². The Morgan fingerprint density at radius 3 is 3.05 bits per heavy atom. The molecule has 3 rings (SSSR count). The quantitative estimate of drug-likeness (QED) is 0.736. The Hall–Kier alpha value is -0.910. The number of ether oxygens (including phenoxy) is 2. The summed E-state index contributed by atoms with van der Waals surface area (Å²) in [6.45, 7) is 3.54. The van der Waals surface area contributed by atoms with Gasteiger partial charge in [-0.15, -0.1) is 0 Å². The lowest BCUT2D eigenvalue weighted by Gasteiger charge is -2.34. The zero-order valence-corrected chi connectivity index (χ0v) is 13.2. The van der Waals surface area contributed by atoms with Gasteiger partial charge in [-0.1, -0.05) is 0 Å². The Kier molecular flexibility index (Phi) is 4.62. The maximum absolute atomic E-state index is 6.12. The Labute approximate surface area is 127 Å². The van der Waals surface area contributed by atoms with Crippen molar-refractivity contribution in [3.63, 3.8) is 0 Å². The van der Waals surface area contributed by atoms with Gasteiger partial charge >= 0.3 is 0 Å². The van der Waals surface area contributed by atoms with Crippen LogP contribution in [0.25, 0.3) is 0 Å². The van der Waals surface area contributed by atoms with Crippen LogP contribution in [0, 0.1) is 11.3 Å². The molecule has 0 radical (unpaired) electrons. The van der Waals surface area contributed by atoms with Crippen molar-refractivity contribution >= 4 is 0 Å². The van der Waals surface area contributed by atoms with Gasteiger partial charge in [0.05, 0.1) is 18.4 Å². The minimum atomic E-state index is 0.198. The molecule has 2 aliphatic rings. The van der Waals surface area contributed by atoms with Gasteiger partial charge < -0.3 is 14.8 Å². The van der Waals surface area contributed by atoms with E-state index >= 15 is 0 Å². The molecular formula is C16H27N3O2. The third-order valence-electron chi connectivity index (χ3n) is 4.81. The van der Waals surface area contributed by atoms with Gasteiger partial charge in [-0.2, -0.15) is 5.10 Å². The Bertz CT molecular complexity index is 458. The van der Waals surface area contributed by atoms with E-state index in [1.54, 1.807) is 7.11 Å². The fourth-order valence-electron chi connectivity index (χ4n) is 3.61. The second-order valence-electron chi connectivity index (χ2n) is 6.57. The van der Waals surface area contributed by atoms with E-state index in [1.807, 2.05) is 17.9 Å². The maximum Gasteiger partial charge on any atom is 0.0676 e. The van der Waals surface area contributed by atoms with E-state index in [0.717, 1.165) is 45.1 Å². The number of aromatic nitrogens is 2. The number of nitrogens with one attached hydrogen (secondary N) is 1. The molecule has 1 aromatic rings. The molecule has 1 saturated heterocycles. The average Bonchev–Trinajstić information content (AvgIpc) is 3.11. The number of nitrogens with zero attached hydrogens (tertiary/aromatic N) is 2. The van der Waals surface area contributed by atoms with E-state index in [2.05, 4.69) is 16.5 Å². The monoisotopic (exact) mass is 293 g/mol. The van der Waals surface area contributed by atoms with E-state index < -0.39 is 0 Å². The smallest absolute Gasteiger partial charge is 0.0676 e. The van der Waals surface area contributed by atoms with Gasteiger partial charge in [-0.05, 0) is 31.2 Å². The second kappa shape index (κ2) is 6.46. The maximum atomic E-state index is 6.12. The van der Waals surface area contributed by atoms with Gasteiger partial charge in [0, 0.05) is 51.9 Å². The predicted molar refractivity (Wildman–Crippen MR) is 81.2 cm³/mol. The van der Waals surface area contributed by atoms with Crippen LogP contribution in [0.4, 0.5) is 0 Å². The summed E-state index contributed by atoms with van der Waals surface area (Å²) < 4.78 is 13.2. The number of aryl methyl sites for hydroxylation is 1. The Morgan fingerprint density at radius 2 is 2.38 bits per heavy atom. The molecule has 1 aromatic heterocycles. The van der Waals surface area contributed by atoms with Gasteiger partial charge in [-0.25, -0.2) is 0 Å². The number of methoxy groups -OCH3 is 1. The van der Waals surface area contributed by atoms with Crippen molar-refractivity contribution in [2.45, 2.75) is 31.8 Å². The summed E-state index contributed by atoms with van der Waals surface area (Å²) in [4.78, 5) is 0. The zero-order chi connectivity index (χ0) is 14.7. The highest BCUT2D eigenvalue weighted by atomic mass is 16.5. The van der Waals surface area contributed by atoms with Crippen LogP contribution in [0.3, 0.4) is 0 Å². The van der Waals surface area contributed by atoms with Crippen LogP contribution in [0.5, 0.6) is 0 Å². The van der Waals surface area contributed by atoms with Crippen molar-refractivity contribution in [2.75, 3.05) is 33.4 Å². The molecule has 5 heteroatoms. The van der Waals surface area contributed by atoms with Crippen molar-refractivity contribution in [1.82, 2.24) is 15.1 Å². The number of hydrogen-bond donors (Lipinski definition) is 1. The number of hydrogen-bond acceptors (Lipinski definition) is 4. The van der Waals surface area contributed by atoms with Crippen molar-refractivity contribution in [3.8, 4) is 0 Å². The van der Waals surface area contributed by atoms with E-state index in [-0.39, 0.29) is 5.41 Å². The van der Waals surface area contributed by atoms with Crippen LogP contribution in [0.1, 0.15) is 25.0 Å². The van der Waals surface area contributed by atoms with Crippen LogP contribution in [-0.2, 0) is 22.9 Å². The highest BCUT2D eigenvalue weighted by Gasteiger charge is 2.50. The van der Waals surface area contributed by atoms with Crippen molar-refractivity contribution in [1.29, 1.82) is 0 Å². The molecule has 2 unspecified atom stereocenters. The largest absolute Gasteiger partial charge is 0.383 e. The topological polar surface area (TPSA) is 48.3 Å². The molecule has 2 heterocycles. The van der Waals surface area contributed by atoms with E-state index in [1.165, 1.54) is 18.5 Å². The SMILES string of the molecule is COCCNCC1(Cc2ccn(C)n2)CCOC1C1CC1. The lowest BCUT2D eigenvalue weighted by Crippen LogP contribution is -2.44. The highest BCUT2D eigenvalue weighted by Crippen LogP contribution is 2.49. The van der Waals surface area contributed by atoms with E-state index in [9.17, 15) is 0 Å². The molecular weight excluding hydrogens is 266 g/mol. The summed E-state index contributed by atoms with van der Waals surface area (Å²) in [5.74, 6) is 0.764. The zero-order valence-electron chi connectivity index (χ0n) is 13.2. The van der Waals surface area contributed by atoms with Crippen LogP contribution >= 0.6 is 0 Å². The van der Waals surface area contributed by atoms with Crippen LogP contribution in [-0.4, -0.2) is 49.3 Å². The van der Waals surface area contributed by atoms with E-state index in [0.29, 0.717) is 6.10 Å². The first-order valence-corrected chi connectivity index (χ1v) is 8.03. The molecule has 1 N–H and O–H groups in total. The average molecular weight is 293 g/mol. The summed E-state index contributed by atoms with van der Waals surface area (Å²) in [7, 11) is 3.73. The van der Waals surface area contributed by atoms with Crippen LogP contribution < -0.4 is 5.32 Å². The minimum Gasteiger partial charge on any atom is -0.383 e. The Balaban J connectivity index is 1.70. The van der Waals surface area contributed by atoms with Gasteiger partial charge in [-0.3, -0.25) is 4.68 Å². The standard InChI is InChI=1S/C16H27N3O2/c1-19-8-5-14(18-19)11-16(12-17-7-10-20-2)6-9-21-15(16)13-3-4-13/h5,8,13,15,17H,3-4,6-7,9-12H2,1-2H3. The van der Waals surface area contributed by atoms with E-state index in [4.69, 9.17) is 9.47 Å². The summed E-state index contributed by atoms with van der Waals surface area (Å²) in [6.07, 6.45) is 7.22. The first-order chi connectivity index (χ1) is 10.2. The molecule has 118 valence electrons. The molecule has 2 fully saturated rings. The fourth-order valence-corrected chi connectivity index (χ4v) is 3.61. The molecule has 2 atom stereocenters. The third kappa shape index (κ3) is 3.47. The highest BCUT2D eigenvalue weighted by molar-refractivity contribution is 5.09. The third-order valence-corrected chi connectivity index (χ3v) is 4.81. The lowest BCUT2D eigenvalue weighted by atomic mass is 9.75.